The van der Waals surface area contributed by atoms with Gasteiger partial charge < -0.3 is 10.0 Å². The van der Waals surface area contributed by atoms with Crippen LogP contribution >= 0.6 is 0 Å². The third-order valence-electron chi connectivity index (χ3n) is 14.3. The van der Waals surface area contributed by atoms with E-state index >= 15 is 0 Å². The Bertz CT molecular complexity index is 973. The molecule has 6 rings (SSSR count). The summed E-state index contributed by atoms with van der Waals surface area (Å²) in [5.41, 5.74) is 0.172. The number of rotatable bonds is 4. The molecule has 6 aliphatic rings. The zero-order valence-electron chi connectivity index (χ0n) is 25.8. The average molecular weight is 541 g/mol. The van der Waals surface area contributed by atoms with Crippen molar-refractivity contribution >= 4 is 11.6 Å². The van der Waals surface area contributed by atoms with Gasteiger partial charge >= 0.3 is 0 Å². The normalized spacial score (nSPS) is 50.7. The van der Waals surface area contributed by atoms with Crippen LogP contribution in [-0.2, 0) is 9.59 Å². The molecule has 5 saturated carbocycles. The highest BCUT2D eigenvalue weighted by atomic mass is 16.3. The Labute approximate surface area is 237 Å². The fraction of sp³-hybridized carbons (Fsp3) is 0.941. The molecule has 11 atom stereocenters. The molecule has 0 amide bonds. The quantitative estimate of drug-likeness (QED) is 0.524. The Balaban J connectivity index is 1.31. The number of carbonyl (C=O) groups is 2. The highest BCUT2D eigenvalue weighted by molar-refractivity contribution is 5.97. The highest BCUT2D eigenvalue weighted by Gasteiger charge is 2.68. The van der Waals surface area contributed by atoms with Crippen molar-refractivity contribution in [3.63, 3.8) is 0 Å². The number of likely N-dealkylation sites (N-methyl/N-ethyl adjacent to an activating group) is 1. The number of aliphatic hydroxyl groups is 1. The molecule has 220 valence electrons. The van der Waals surface area contributed by atoms with Crippen LogP contribution in [0, 0.1) is 63.6 Å². The Kier molecular flexibility index (Phi) is 7.20. The van der Waals surface area contributed by atoms with E-state index < -0.39 is 5.41 Å². The molecule has 5 aliphatic carbocycles. The summed E-state index contributed by atoms with van der Waals surface area (Å²) < 4.78 is 0. The van der Waals surface area contributed by atoms with Gasteiger partial charge in [-0.2, -0.15) is 0 Å². The first-order valence-electron chi connectivity index (χ1n) is 16.6. The summed E-state index contributed by atoms with van der Waals surface area (Å²) in [5, 5.41) is 10.7. The van der Waals surface area contributed by atoms with Crippen molar-refractivity contribution in [2.75, 3.05) is 39.8 Å². The van der Waals surface area contributed by atoms with Crippen molar-refractivity contribution in [2.24, 2.45) is 63.6 Å². The first-order chi connectivity index (χ1) is 18.4. The minimum atomic E-state index is -0.426. The summed E-state index contributed by atoms with van der Waals surface area (Å²) in [5.74, 6) is 4.22. The van der Waals surface area contributed by atoms with Crippen LogP contribution in [0.15, 0.2) is 0 Å². The van der Waals surface area contributed by atoms with Gasteiger partial charge in [0.2, 0.25) is 0 Å². The van der Waals surface area contributed by atoms with Crippen LogP contribution in [-0.4, -0.2) is 72.3 Å². The van der Waals surface area contributed by atoms with Crippen molar-refractivity contribution in [1.29, 1.82) is 0 Å². The summed E-state index contributed by atoms with van der Waals surface area (Å²) >= 11 is 0. The molecule has 0 spiro atoms. The van der Waals surface area contributed by atoms with E-state index in [4.69, 9.17) is 0 Å². The molecule has 0 radical (unpaired) electrons. The molecule has 11 unspecified atom stereocenters. The van der Waals surface area contributed by atoms with Crippen molar-refractivity contribution in [3.05, 3.63) is 0 Å². The van der Waals surface area contributed by atoms with Gasteiger partial charge in [-0.3, -0.25) is 14.5 Å². The van der Waals surface area contributed by atoms with Gasteiger partial charge in [0.15, 0.2) is 5.78 Å². The Hall–Kier alpha value is -0.780. The van der Waals surface area contributed by atoms with Gasteiger partial charge in [-0.25, -0.2) is 0 Å². The van der Waals surface area contributed by atoms with E-state index in [0.717, 1.165) is 51.9 Å². The van der Waals surface area contributed by atoms with Crippen LogP contribution < -0.4 is 0 Å². The van der Waals surface area contributed by atoms with Crippen molar-refractivity contribution in [3.8, 4) is 0 Å². The Morgan fingerprint density at radius 2 is 1.59 bits per heavy atom. The molecule has 6 fully saturated rings. The highest BCUT2D eigenvalue weighted by Crippen LogP contribution is 2.72. The first-order valence-corrected chi connectivity index (χ1v) is 16.6. The first kappa shape index (κ1) is 28.3. The van der Waals surface area contributed by atoms with Crippen LogP contribution in [0.2, 0.25) is 0 Å². The third kappa shape index (κ3) is 4.17. The molecule has 5 heteroatoms. The summed E-state index contributed by atoms with van der Waals surface area (Å²) in [7, 11) is 2.17. The van der Waals surface area contributed by atoms with E-state index in [1.165, 1.54) is 25.7 Å². The molecule has 1 heterocycles. The van der Waals surface area contributed by atoms with Gasteiger partial charge in [0.1, 0.15) is 5.78 Å². The molecule has 1 N–H and O–H groups in total. The van der Waals surface area contributed by atoms with Crippen LogP contribution in [0.3, 0.4) is 0 Å². The number of hydrogen-bond donors (Lipinski definition) is 1. The SMILES string of the molecule is CC(C)C1C(=O)CC2(C(=O)CN3CCN(C)CC3)CCC3C(CCC4C5(C)CCC(O)C(C)C5CCC34C)C12. The fourth-order valence-electron chi connectivity index (χ4n) is 12.3. The summed E-state index contributed by atoms with van der Waals surface area (Å²) in [6.07, 6.45) is 9.45. The predicted octanol–water partition coefficient (Wildman–Crippen LogP) is 5.30. The molecular weight excluding hydrogens is 484 g/mol. The molecule has 0 aromatic heterocycles. The molecule has 39 heavy (non-hydrogen) atoms. The van der Waals surface area contributed by atoms with Gasteiger partial charge in [-0.05, 0) is 111 Å². The Morgan fingerprint density at radius 1 is 0.949 bits per heavy atom. The van der Waals surface area contributed by atoms with Crippen LogP contribution in [0.5, 0.6) is 0 Å². The second-order valence-electron chi connectivity index (χ2n) is 16.2. The van der Waals surface area contributed by atoms with Crippen LogP contribution in [0.25, 0.3) is 0 Å². The van der Waals surface area contributed by atoms with E-state index in [9.17, 15) is 14.7 Å². The number of fused-ring (bicyclic) bond motifs is 7. The summed E-state index contributed by atoms with van der Waals surface area (Å²) in [4.78, 5) is 32.9. The zero-order chi connectivity index (χ0) is 27.9. The van der Waals surface area contributed by atoms with Crippen molar-refractivity contribution in [1.82, 2.24) is 9.80 Å². The zero-order valence-corrected chi connectivity index (χ0v) is 25.8. The number of carbonyl (C=O) groups excluding carboxylic acids is 2. The maximum Gasteiger partial charge on any atom is 0.153 e. The van der Waals surface area contributed by atoms with Gasteiger partial charge in [-0.15, -0.1) is 0 Å². The lowest BCUT2D eigenvalue weighted by molar-refractivity contribution is -0.199. The van der Waals surface area contributed by atoms with Crippen molar-refractivity contribution < 1.29 is 14.7 Å². The smallest absolute Gasteiger partial charge is 0.153 e. The number of Topliss-reactive ketones (excluding diaryl/α,β-unsaturated/α-hetero) is 2. The standard InChI is InChI=1S/C34H56N2O3/c1-21(2)30-27(38)19-34(29(39)20-36-17-15-35(6)16-18-36)14-10-25-23(31(30)34)7-8-28-32(4)13-11-26(37)22(3)24(32)9-12-33(25,28)5/h21-26,28,30-31,37H,7-20H2,1-6H3. The minimum Gasteiger partial charge on any atom is -0.393 e. The second kappa shape index (κ2) is 9.90. The number of nitrogens with zero attached hydrogens (tertiary/aromatic N) is 2. The van der Waals surface area contributed by atoms with E-state index in [2.05, 4.69) is 51.5 Å². The van der Waals surface area contributed by atoms with Gasteiger partial charge in [0.25, 0.3) is 0 Å². The predicted molar refractivity (Wildman–Crippen MR) is 155 cm³/mol. The lowest BCUT2D eigenvalue weighted by atomic mass is 9.37. The second-order valence-corrected chi connectivity index (χ2v) is 16.2. The molecule has 0 aromatic carbocycles. The van der Waals surface area contributed by atoms with Gasteiger partial charge in [-0.1, -0.05) is 34.6 Å². The molecule has 5 nitrogen and oxygen atoms in total. The molecule has 1 aliphatic heterocycles. The average Bonchev–Trinajstić information content (AvgIpc) is 3.21. The van der Waals surface area contributed by atoms with Gasteiger partial charge in [0.05, 0.1) is 12.6 Å². The van der Waals surface area contributed by atoms with E-state index in [1.807, 2.05) is 0 Å². The van der Waals surface area contributed by atoms with E-state index in [-0.39, 0.29) is 23.4 Å². The molecule has 0 aromatic rings. The largest absolute Gasteiger partial charge is 0.393 e. The topological polar surface area (TPSA) is 60.9 Å². The van der Waals surface area contributed by atoms with Gasteiger partial charge in [0, 0.05) is 43.9 Å². The number of piperazine rings is 1. The van der Waals surface area contributed by atoms with E-state index in [1.54, 1.807) is 0 Å². The number of ketones is 2. The number of hydrogen-bond acceptors (Lipinski definition) is 5. The lowest BCUT2D eigenvalue weighted by Crippen LogP contribution is -2.62. The maximum absolute atomic E-state index is 14.4. The molecule has 0 bridgehead atoms. The Morgan fingerprint density at radius 3 is 2.28 bits per heavy atom. The fourth-order valence-corrected chi connectivity index (χ4v) is 12.3. The van der Waals surface area contributed by atoms with Crippen molar-refractivity contribution in [2.45, 2.75) is 98.5 Å². The molecular formula is C34H56N2O3. The summed E-state index contributed by atoms with van der Waals surface area (Å²) in [6, 6.07) is 0. The number of aliphatic hydroxyl groups excluding tert-OH is 1. The van der Waals surface area contributed by atoms with Crippen LogP contribution in [0.1, 0.15) is 92.4 Å². The monoisotopic (exact) mass is 540 g/mol. The molecule has 1 saturated heterocycles. The third-order valence-corrected chi connectivity index (χ3v) is 14.3. The summed E-state index contributed by atoms with van der Waals surface area (Å²) in [6.45, 7) is 16.5. The van der Waals surface area contributed by atoms with E-state index in [0.29, 0.717) is 65.5 Å². The van der Waals surface area contributed by atoms with Crippen LogP contribution in [0.4, 0.5) is 0 Å². The lowest BCUT2D eigenvalue weighted by Gasteiger charge is -2.68. The minimum absolute atomic E-state index is 0.0474. The maximum atomic E-state index is 14.4.